The molecule has 0 unspecified atom stereocenters. The van der Waals surface area contributed by atoms with Crippen LogP contribution in [0.15, 0.2) is 288 Å². The van der Waals surface area contributed by atoms with Crippen molar-refractivity contribution in [3.8, 4) is 46.5 Å². The van der Waals surface area contributed by atoms with Crippen molar-refractivity contribution >= 4 is 170 Å². The Hall–Kier alpha value is -18.2. The highest BCUT2D eigenvalue weighted by molar-refractivity contribution is 6.02. The fourth-order valence-corrected chi connectivity index (χ4v) is 17.3. The van der Waals surface area contributed by atoms with E-state index in [1.807, 2.05) is 87.2 Å². The first kappa shape index (κ1) is 99.5. The van der Waals surface area contributed by atoms with Gasteiger partial charge in [0.25, 0.3) is 0 Å². The van der Waals surface area contributed by atoms with E-state index in [0.29, 0.717) is 127 Å². The zero-order valence-electron chi connectivity index (χ0n) is 83.2. The molecule has 149 heavy (non-hydrogen) atoms. The van der Waals surface area contributed by atoms with Crippen molar-refractivity contribution in [3.63, 3.8) is 0 Å². The normalized spacial score (nSPS) is 13.6. The Labute approximate surface area is 858 Å². The van der Waals surface area contributed by atoms with Gasteiger partial charge in [-0.2, -0.15) is 39.9 Å². The van der Waals surface area contributed by atoms with Gasteiger partial charge < -0.3 is 115 Å². The smallest absolute Gasteiger partial charge is 0.247 e. The minimum absolute atomic E-state index is 0.279. The summed E-state index contributed by atoms with van der Waals surface area (Å²) in [7, 11) is 12.4. The van der Waals surface area contributed by atoms with Crippen molar-refractivity contribution in [1.82, 2.24) is 89.0 Å². The summed E-state index contributed by atoms with van der Waals surface area (Å²) >= 11 is 0. The van der Waals surface area contributed by atoms with E-state index in [0.717, 1.165) is 169 Å². The topological polar surface area (TPSA) is 405 Å². The number of fused-ring (bicyclic) bond motifs is 6. The number of amides is 4. The lowest BCUT2D eigenvalue weighted by molar-refractivity contribution is -0.112. The molecule has 2 saturated carbocycles. The number of hydrogen-bond donors (Lipinski definition) is 12. The fraction of sp³-hybridized carbons (Fsp3) is 0.205. The summed E-state index contributed by atoms with van der Waals surface area (Å²) < 4.78 is 42.1. The van der Waals surface area contributed by atoms with Gasteiger partial charge in [0.05, 0.1) is 38.4 Å². The van der Waals surface area contributed by atoms with Crippen LogP contribution in [-0.4, -0.2) is 214 Å². The molecule has 8 aromatic carbocycles. The SMILES string of the molecule is C=CC(=O)Nc1cccc(Oc2nc(Nc3ccc(N4CCN(C)CC4)c(F)c3)nc3[nH]cc(C4CC4)c23)c1.C=CC(=O)Nc1cccc(Oc2nc(Nc3ccc(N4CCN(C)CC4)cc3)nc3[nH]cc(C4CC4)c23)c1.C=CC(=O)Nc1cccc(Oc2nc(Nc3ccc4c(ccn4CCN(C)C)c3)nc3[nH]ccc23)c1.C=CC(=O)Nc1cccc(Oc2nc(Nc3ccc4nc(CN(C)C)ccc4c3)nc3[nH]ccc23)c1. The Bertz CT molecular complexity index is 7990. The van der Waals surface area contributed by atoms with Gasteiger partial charge in [0, 0.05) is 195 Å². The van der Waals surface area contributed by atoms with Crippen LogP contribution < -0.4 is 71.3 Å². The summed E-state index contributed by atoms with van der Waals surface area (Å²) in [6, 6.07) is 64.0. The number of nitrogens with one attached hydrogen (secondary N) is 12. The van der Waals surface area contributed by atoms with Crippen LogP contribution in [0.4, 0.5) is 85.1 Å². The van der Waals surface area contributed by atoms with Gasteiger partial charge in [-0.25, -0.2) is 4.39 Å². The summed E-state index contributed by atoms with van der Waals surface area (Å²) in [5.74, 6) is 4.74. The summed E-state index contributed by atoms with van der Waals surface area (Å²) in [5.41, 5.74) is 15.4. The molecule has 37 heteroatoms. The van der Waals surface area contributed by atoms with E-state index in [9.17, 15) is 19.2 Å². The van der Waals surface area contributed by atoms with Crippen molar-refractivity contribution in [1.29, 1.82) is 0 Å². The second kappa shape index (κ2) is 45.4. The summed E-state index contributed by atoms with van der Waals surface area (Å²) in [6.45, 7) is 24.2. The predicted octanol–water partition coefficient (Wildman–Crippen LogP) is 21.0. The van der Waals surface area contributed by atoms with E-state index in [2.05, 4.69) is 236 Å². The average molecular weight is 2000 g/mol. The number of carbonyl (C=O) groups is 4. The van der Waals surface area contributed by atoms with Crippen molar-refractivity contribution in [2.75, 3.05) is 154 Å². The number of aromatic nitrogens is 14. The minimum Gasteiger partial charge on any atom is -0.438 e. The number of hydrogen-bond acceptors (Lipinski definition) is 27. The lowest BCUT2D eigenvalue weighted by Crippen LogP contribution is -2.44. The lowest BCUT2D eigenvalue weighted by Gasteiger charge is -2.34. The standard InChI is InChI=1S/C29H30FN7O2.C29H31N7O2.C27H27N7O2.C27H25N7O2/c1-3-25(38)32-19-5-4-6-21(15-19)39-28-26-22(18-7-8-18)17-31-27(26)34-29(35-28)33-20-9-10-24(23(30)16-20)37-13-11-36(2)12-14-37;1-3-25(37)31-21-5-4-6-23(17-21)38-28-26-24(19-7-8-19)18-30-27(26)33-29(34-28)32-20-9-11-22(12-10-20)36-15-13-35(2)14-16-36;1-4-24(35)29-19-6-5-7-21(17-19)36-26-22-10-12-28-25(22)31-27(32-26)30-20-8-9-23-18(16-20)11-13-34(23)15-14-33(2)3;1-4-24(35)30-18-6-5-7-21(15-18)36-26-22-12-13-28-25(22)32-27(33-26)31-19-10-11-23-17(14-19)8-9-20(29-23)16-34(2)3/h3-6,9-10,15-18H,1,7-8,11-14H2,2H3,(H,32,38)(H2,31,33,34,35);3-6,9-12,17-19H,1,7-8,13-16H2,2H3,(H,31,37)(H2,30,32,33,34);4-13,16-17H,1,14-15H2,2-3H3,(H,29,35)(H2,28,30,31,32);4-15H,1,16H2,2-3H3,(H,30,35)(H2,28,31,32,33). The van der Waals surface area contributed by atoms with Gasteiger partial charge in [0.2, 0.25) is 70.9 Å². The van der Waals surface area contributed by atoms with Crippen LogP contribution in [0.1, 0.15) is 54.3 Å². The molecule has 0 atom stereocenters. The molecule has 0 radical (unpaired) electrons. The van der Waals surface area contributed by atoms with Crippen LogP contribution in [-0.2, 0) is 32.3 Å². The van der Waals surface area contributed by atoms with Gasteiger partial charge in [0.1, 0.15) is 51.4 Å². The molecule has 0 spiro atoms. The predicted molar refractivity (Wildman–Crippen MR) is 586 cm³/mol. The second-order valence-electron chi connectivity index (χ2n) is 37.0. The molecule has 2 aliphatic heterocycles. The summed E-state index contributed by atoms with van der Waals surface area (Å²) in [5, 5.41) is 29.4. The molecule has 2 saturated heterocycles. The average Bonchev–Trinajstić information content (AvgIpc) is 1.61. The molecule has 4 fully saturated rings. The highest BCUT2D eigenvalue weighted by Gasteiger charge is 2.32. The molecule has 18 aromatic rings. The minimum atomic E-state index is -0.310. The van der Waals surface area contributed by atoms with Crippen molar-refractivity contribution in [3.05, 3.63) is 310 Å². The van der Waals surface area contributed by atoms with Crippen LogP contribution in [0.25, 0.3) is 65.9 Å². The number of anilines is 14. The number of carbonyl (C=O) groups excluding carboxylic acids is 4. The first-order chi connectivity index (χ1) is 72.5. The number of nitrogens with zero attached hydrogens (tertiary/aromatic N) is 16. The van der Waals surface area contributed by atoms with Gasteiger partial charge in [0.15, 0.2) is 0 Å². The highest BCUT2D eigenvalue weighted by Crippen LogP contribution is 2.48. The number of halogens is 1. The van der Waals surface area contributed by atoms with Gasteiger partial charge in [-0.15, -0.1) is 0 Å². The fourth-order valence-electron chi connectivity index (χ4n) is 17.3. The maximum Gasteiger partial charge on any atom is 0.247 e. The number of ether oxygens (including phenoxy) is 4. The van der Waals surface area contributed by atoms with Crippen LogP contribution in [0, 0.1) is 5.82 Å². The number of rotatable bonds is 33. The monoisotopic (exact) mass is 2000 g/mol. The molecule has 2 aliphatic carbocycles. The third kappa shape index (κ3) is 25.2. The maximum atomic E-state index is 15.1. The Balaban J connectivity index is 0.000000125. The zero-order valence-corrected chi connectivity index (χ0v) is 83.2. The van der Waals surface area contributed by atoms with Crippen molar-refractivity contribution in [2.45, 2.75) is 50.6 Å². The highest BCUT2D eigenvalue weighted by atomic mass is 19.1. The largest absolute Gasteiger partial charge is 0.438 e. The maximum absolute atomic E-state index is 15.1. The van der Waals surface area contributed by atoms with E-state index >= 15 is 4.39 Å². The summed E-state index contributed by atoms with van der Waals surface area (Å²) in [4.78, 5) is 115. The van der Waals surface area contributed by atoms with Crippen LogP contribution in [0.2, 0.25) is 0 Å². The van der Waals surface area contributed by atoms with Crippen molar-refractivity contribution in [2.24, 2.45) is 0 Å². The second-order valence-corrected chi connectivity index (χ2v) is 37.0. The Kier molecular flexibility index (Phi) is 30.3. The van der Waals surface area contributed by atoms with Crippen molar-refractivity contribution < 1.29 is 42.5 Å². The Morgan fingerprint density at radius 2 is 0.812 bits per heavy atom. The van der Waals surface area contributed by atoms with E-state index in [4.69, 9.17) is 33.9 Å². The molecule has 10 aromatic heterocycles. The number of pyridine rings is 1. The number of piperazine rings is 2. The van der Waals surface area contributed by atoms with Gasteiger partial charge in [-0.1, -0.05) is 56.6 Å². The molecular weight excluding hydrogens is 1880 g/mol. The van der Waals surface area contributed by atoms with E-state index < -0.39 is 0 Å². The zero-order chi connectivity index (χ0) is 103. The number of likely N-dealkylation sites (N-methyl/N-ethyl adjacent to an activating group) is 3. The number of aromatic amines is 4. The van der Waals surface area contributed by atoms with E-state index in [-0.39, 0.29) is 35.4 Å². The Morgan fingerprint density at radius 3 is 1.26 bits per heavy atom. The molecule has 12 heterocycles. The van der Waals surface area contributed by atoms with E-state index in [1.165, 1.54) is 47.1 Å². The molecular formula is C112H113FN28O8. The lowest BCUT2D eigenvalue weighted by atomic mass is 10.1. The number of benzene rings is 8. The molecule has 0 bridgehead atoms. The van der Waals surface area contributed by atoms with E-state index in [1.54, 1.807) is 103 Å². The molecule has 756 valence electrons. The first-order valence-electron chi connectivity index (χ1n) is 48.9. The summed E-state index contributed by atoms with van der Waals surface area (Å²) in [6.07, 6.45) is 19.0. The third-order valence-electron chi connectivity index (χ3n) is 25.2. The van der Waals surface area contributed by atoms with Gasteiger partial charge in [-0.05, 0) is 267 Å². The molecule has 4 aliphatic rings. The van der Waals surface area contributed by atoms with Crippen LogP contribution in [0.3, 0.4) is 0 Å². The Morgan fingerprint density at radius 1 is 0.403 bits per heavy atom. The molecule has 4 amide bonds. The van der Waals surface area contributed by atoms with Crippen LogP contribution >= 0.6 is 0 Å². The number of H-pyrrole nitrogens is 4. The van der Waals surface area contributed by atoms with Gasteiger partial charge in [-0.3, -0.25) is 24.2 Å². The van der Waals surface area contributed by atoms with Crippen LogP contribution in [0.5, 0.6) is 46.5 Å². The quantitative estimate of drug-likeness (QED) is 0.0170. The molecule has 36 nitrogen and oxygen atoms in total. The molecule has 12 N–H and O–H groups in total. The first-order valence-corrected chi connectivity index (χ1v) is 48.9. The molecule has 22 rings (SSSR count). The third-order valence-corrected chi connectivity index (χ3v) is 25.2. The van der Waals surface area contributed by atoms with Gasteiger partial charge >= 0.3 is 0 Å².